The van der Waals surface area contributed by atoms with Gasteiger partial charge in [-0.25, -0.2) is 4.98 Å². The Morgan fingerprint density at radius 2 is 1.55 bits per heavy atom. The van der Waals surface area contributed by atoms with Gasteiger partial charge in [0.1, 0.15) is 5.82 Å². The van der Waals surface area contributed by atoms with Crippen LogP contribution < -0.4 is 5.32 Å². The summed E-state index contributed by atoms with van der Waals surface area (Å²) in [6, 6.07) is 8.54. The van der Waals surface area contributed by atoms with E-state index in [1.807, 2.05) is 20.8 Å². The Morgan fingerprint density at radius 1 is 0.903 bits per heavy atom. The predicted molar refractivity (Wildman–Crippen MR) is 132 cm³/mol. The summed E-state index contributed by atoms with van der Waals surface area (Å²) < 4.78 is 2.45. The van der Waals surface area contributed by atoms with Gasteiger partial charge in [0.2, 0.25) is 5.91 Å². The van der Waals surface area contributed by atoms with E-state index >= 15 is 0 Å². The number of aromatic nitrogens is 2. The van der Waals surface area contributed by atoms with Crippen LogP contribution in [0.4, 0.5) is 0 Å². The monoisotopic (exact) mass is 427 g/mol. The molecule has 31 heavy (non-hydrogen) atoms. The second kappa shape index (κ2) is 13.5. The van der Waals surface area contributed by atoms with Crippen molar-refractivity contribution in [1.82, 2.24) is 14.9 Å². The lowest BCUT2D eigenvalue weighted by Gasteiger charge is -2.17. The highest BCUT2D eigenvalue weighted by Crippen LogP contribution is 2.19. The Bertz CT molecular complexity index is 772. The molecule has 4 heteroatoms. The van der Waals surface area contributed by atoms with Crippen molar-refractivity contribution >= 4 is 16.9 Å². The Morgan fingerprint density at radius 3 is 2.26 bits per heavy atom. The number of nitrogens with zero attached hydrogens (tertiary/aromatic N) is 2. The van der Waals surface area contributed by atoms with Crippen LogP contribution in [0.15, 0.2) is 24.3 Å². The SMILES string of the molecule is CCCCCCCCCCn1c(CCCCCNC(=O)C(C)(C)C)nc2ccccc21. The van der Waals surface area contributed by atoms with Crippen LogP contribution in [0.25, 0.3) is 11.0 Å². The summed E-state index contributed by atoms with van der Waals surface area (Å²) in [5.41, 5.74) is 2.09. The smallest absolute Gasteiger partial charge is 0.225 e. The maximum atomic E-state index is 12.0. The van der Waals surface area contributed by atoms with Gasteiger partial charge in [-0.15, -0.1) is 0 Å². The first-order valence-electron chi connectivity index (χ1n) is 12.7. The lowest BCUT2D eigenvalue weighted by Crippen LogP contribution is -2.35. The summed E-state index contributed by atoms with van der Waals surface area (Å²) in [5.74, 6) is 1.36. The minimum absolute atomic E-state index is 0.139. The van der Waals surface area contributed by atoms with E-state index in [0.29, 0.717) is 0 Å². The minimum atomic E-state index is -0.305. The predicted octanol–water partition coefficient (Wildman–Crippen LogP) is 7.05. The van der Waals surface area contributed by atoms with Gasteiger partial charge in [-0.05, 0) is 31.4 Å². The third kappa shape index (κ3) is 9.04. The lowest BCUT2D eigenvalue weighted by atomic mass is 9.96. The Labute approximate surface area is 190 Å². The van der Waals surface area contributed by atoms with E-state index in [9.17, 15) is 4.79 Å². The highest BCUT2D eigenvalue weighted by atomic mass is 16.2. The van der Waals surface area contributed by atoms with Crippen LogP contribution in [-0.4, -0.2) is 22.0 Å². The normalized spacial score (nSPS) is 11.9. The molecule has 0 bridgehead atoms. The first kappa shape index (κ1) is 25.4. The highest BCUT2D eigenvalue weighted by molar-refractivity contribution is 5.81. The van der Waals surface area contributed by atoms with Crippen molar-refractivity contribution in [2.24, 2.45) is 5.41 Å². The Balaban J connectivity index is 1.76. The summed E-state index contributed by atoms with van der Waals surface area (Å²) in [6.45, 7) is 9.99. The molecule has 0 aliphatic heterocycles. The molecule has 0 atom stereocenters. The highest BCUT2D eigenvalue weighted by Gasteiger charge is 2.20. The number of fused-ring (bicyclic) bond motifs is 1. The molecule has 1 heterocycles. The number of hydrogen-bond donors (Lipinski definition) is 1. The topological polar surface area (TPSA) is 46.9 Å². The first-order chi connectivity index (χ1) is 14.9. The van der Waals surface area contributed by atoms with Gasteiger partial charge in [0.05, 0.1) is 11.0 Å². The van der Waals surface area contributed by atoms with E-state index in [1.54, 1.807) is 0 Å². The zero-order valence-electron chi connectivity index (χ0n) is 20.5. The van der Waals surface area contributed by atoms with Crippen LogP contribution in [0.2, 0.25) is 0 Å². The van der Waals surface area contributed by atoms with Crippen LogP contribution in [0.3, 0.4) is 0 Å². The second-order valence-corrected chi connectivity index (χ2v) is 9.96. The zero-order chi connectivity index (χ0) is 22.5. The number of rotatable bonds is 15. The van der Waals surface area contributed by atoms with E-state index in [4.69, 9.17) is 4.98 Å². The second-order valence-electron chi connectivity index (χ2n) is 9.96. The van der Waals surface area contributed by atoms with E-state index in [-0.39, 0.29) is 11.3 Å². The van der Waals surface area contributed by atoms with Crippen molar-refractivity contribution in [2.45, 2.75) is 111 Å². The Kier molecular flexibility index (Phi) is 11.1. The van der Waals surface area contributed by atoms with Crippen LogP contribution in [0.5, 0.6) is 0 Å². The number of hydrogen-bond acceptors (Lipinski definition) is 2. The molecule has 0 fully saturated rings. The van der Waals surface area contributed by atoms with Gasteiger partial charge in [0, 0.05) is 24.9 Å². The maximum Gasteiger partial charge on any atom is 0.225 e. The van der Waals surface area contributed by atoms with Crippen molar-refractivity contribution in [3.8, 4) is 0 Å². The van der Waals surface area contributed by atoms with Crippen LogP contribution in [0.1, 0.15) is 104 Å². The van der Waals surface area contributed by atoms with Crippen molar-refractivity contribution in [2.75, 3.05) is 6.54 Å². The van der Waals surface area contributed by atoms with Crippen molar-refractivity contribution in [1.29, 1.82) is 0 Å². The molecule has 0 saturated heterocycles. The number of unbranched alkanes of at least 4 members (excludes halogenated alkanes) is 9. The standard InChI is InChI=1S/C27H45N3O/c1-5-6-7-8-9-10-11-17-22-30-24-19-15-14-18-23(24)29-25(30)20-13-12-16-21-28-26(31)27(2,3)4/h14-15,18-19H,5-13,16-17,20-22H2,1-4H3,(H,28,31). The number of amides is 1. The lowest BCUT2D eigenvalue weighted by molar-refractivity contribution is -0.128. The average molecular weight is 428 g/mol. The largest absolute Gasteiger partial charge is 0.356 e. The molecule has 1 N–H and O–H groups in total. The molecule has 0 spiro atoms. The number of carbonyl (C=O) groups is 1. The maximum absolute atomic E-state index is 12.0. The van der Waals surface area contributed by atoms with E-state index in [2.05, 4.69) is 41.1 Å². The molecule has 4 nitrogen and oxygen atoms in total. The average Bonchev–Trinajstić information content (AvgIpc) is 3.09. The number of imidazole rings is 1. The molecule has 1 amide bonds. The molecular weight excluding hydrogens is 382 g/mol. The first-order valence-corrected chi connectivity index (χ1v) is 12.7. The summed E-state index contributed by atoms with van der Waals surface area (Å²) in [5, 5.41) is 3.05. The number of para-hydroxylation sites is 2. The van der Waals surface area contributed by atoms with Crippen molar-refractivity contribution in [3.63, 3.8) is 0 Å². The van der Waals surface area contributed by atoms with E-state index in [1.165, 1.54) is 62.7 Å². The van der Waals surface area contributed by atoms with Crippen LogP contribution in [-0.2, 0) is 17.8 Å². The quantitative estimate of drug-likeness (QED) is 0.309. The third-order valence-corrected chi connectivity index (χ3v) is 6.01. The zero-order valence-corrected chi connectivity index (χ0v) is 20.5. The van der Waals surface area contributed by atoms with E-state index < -0.39 is 0 Å². The fraction of sp³-hybridized carbons (Fsp3) is 0.704. The summed E-state index contributed by atoms with van der Waals surface area (Å²) in [7, 11) is 0. The third-order valence-electron chi connectivity index (χ3n) is 6.01. The molecule has 174 valence electrons. The van der Waals surface area contributed by atoms with Gasteiger partial charge in [-0.3, -0.25) is 4.79 Å². The number of carbonyl (C=O) groups excluding carboxylic acids is 1. The molecule has 0 aliphatic carbocycles. The molecule has 0 saturated carbocycles. The van der Waals surface area contributed by atoms with Gasteiger partial charge in [0.15, 0.2) is 0 Å². The summed E-state index contributed by atoms with van der Waals surface area (Å²) in [6.07, 6.45) is 15.0. The van der Waals surface area contributed by atoms with Crippen LogP contribution >= 0.6 is 0 Å². The summed E-state index contributed by atoms with van der Waals surface area (Å²) in [4.78, 5) is 16.9. The Hall–Kier alpha value is -1.84. The van der Waals surface area contributed by atoms with Gasteiger partial charge in [-0.2, -0.15) is 0 Å². The fourth-order valence-corrected chi connectivity index (χ4v) is 4.02. The van der Waals surface area contributed by atoms with Crippen molar-refractivity contribution < 1.29 is 4.79 Å². The van der Waals surface area contributed by atoms with Gasteiger partial charge in [0.25, 0.3) is 0 Å². The van der Waals surface area contributed by atoms with Crippen LogP contribution in [0, 0.1) is 5.41 Å². The molecular formula is C27H45N3O. The molecule has 1 aromatic heterocycles. The molecule has 0 radical (unpaired) electrons. The van der Waals surface area contributed by atoms with Gasteiger partial charge >= 0.3 is 0 Å². The van der Waals surface area contributed by atoms with Crippen molar-refractivity contribution in [3.05, 3.63) is 30.1 Å². The molecule has 2 aromatic rings. The molecule has 0 unspecified atom stereocenters. The molecule has 1 aromatic carbocycles. The number of nitrogens with one attached hydrogen (secondary N) is 1. The van der Waals surface area contributed by atoms with Gasteiger partial charge < -0.3 is 9.88 Å². The van der Waals surface area contributed by atoms with Gasteiger partial charge in [-0.1, -0.05) is 91.2 Å². The number of aryl methyl sites for hydroxylation is 2. The fourth-order valence-electron chi connectivity index (χ4n) is 4.02. The van der Waals surface area contributed by atoms with E-state index in [0.717, 1.165) is 44.3 Å². The summed E-state index contributed by atoms with van der Waals surface area (Å²) >= 11 is 0. The molecule has 2 rings (SSSR count). The molecule has 0 aliphatic rings. The minimum Gasteiger partial charge on any atom is -0.356 e. The number of benzene rings is 1.